The average molecular weight is 252 g/mol. The maximum atomic E-state index is 11.6. The Balaban J connectivity index is 3.77. The summed E-state index contributed by atoms with van der Waals surface area (Å²) in [5, 5.41) is 8.56. The van der Waals surface area contributed by atoms with Crippen molar-refractivity contribution in [3.63, 3.8) is 0 Å². The molecule has 0 saturated carbocycles. The molecule has 2 N–H and O–H groups in total. The summed E-state index contributed by atoms with van der Waals surface area (Å²) in [5.74, 6) is 0. The number of nitrogens with one attached hydrogen (secondary N) is 1. The molecule has 0 radical (unpaired) electrons. The highest BCUT2D eigenvalue weighted by Crippen LogP contribution is 1.99. The van der Waals surface area contributed by atoms with Gasteiger partial charge in [-0.3, -0.25) is 0 Å². The van der Waals surface area contributed by atoms with Crippen molar-refractivity contribution < 1.29 is 13.5 Å². The van der Waals surface area contributed by atoms with Crippen LogP contribution in [0.3, 0.4) is 0 Å². The summed E-state index contributed by atoms with van der Waals surface area (Å²) >= 11 is 0. The Morgan fingerprint density at radius 2 is 1.88 bits per heavy atom. The van der Waals surface area contributed by atoms with Crippen LogP contribution >= 0.6 is 0 Å². The van der Waals surface area contributed by atoms with Gasteiger partial charge in [-0.1, -0.05) is 13.3 Å². The molecule has 0 amide bonds. The van der Waals surface area contributed by atoms with Gasteiger partial charge in [0.05, 0.1) is 0 Å². The van der Waals surface area contributed by atoms with Gasteiger partial charge in [0.1, 0.15) is 0 Å². The molecule has 0 spiro atoms. The van der Waals surface area contributed by atoms with E-state index in [0.29, 0.717) is 13.1 Å². The fraction of sp³-hybridized carbons (Fsp3) is 1.00. The van der Waals surface area contributed by atoms with Gasteiger partial charge in [0.2, 0.25) is 0 Å². The summed E-state index contributed by atoms with van der Waals surface area (Å²) < 4.78 is 27.2. The zero-order chi connectivity index (χ0) is 12.4. The van der Waals surface area contributed by atoms with Gasteiger partial charge in [-0.05, 0) is 25.7 Å². The summed E-state index contributed by atoms with van der Waals surface area (Å²) in [6, 6.07) is 0. The van der Waals surface area contributed by atoms with Crippen molar-refractivity contribution in [2.24, 2.45) is 0 Å². The Bertz CT molecular complexity index is 255. The van der Waals surface area contributed by atoms with E-state index in [1.54, 1.807) is 7.05 Å². The highest BCUT2D eigenvalue weighted by atomic mass is 32.2. The van der Waals surface area contributed by atoms with Crippen molar-refractivity contribution in [1.29, 1.82) is 0 Å². The van der Waals surface area contributed by atoms with Crippen LogP contribution in [-0.4, -0.2) is 44.6 Å². The third kappa shape index (κ3) is 7.16. The van der Waals surface area contributed by atoms with Crippen molar-refractivity contribution >= 4 is 10.2 Å². The fourth-order valence-corrected chi connectivity index (χ4v) is 2.22. The van der Waals surface area contributed by atoms with E-state index < -0.39 is 10.2 Å². The Kier molecular flexibility index (Phi) is 8.83. The van der Waals surface area contributed by atoms with E-state index in [0.717, 1.165) is 32.1 Å². The number of nitrogens with zero attached hydrogens (tertiary/aromatic N) is 1. The van der Waals surface area contributed by atoms with Gasteiger partial charge in [0.25, 0.3) is 10.2 Å². The topological polar surface area (TPSA) is 69.6 Å². The lowest BCUT2D eigenvalue weighted by Crippen LogP contribution is -2.39. The molecule has 5 nitrogen and oxygen atoms in total. The zero-order valence-electron chi connectivity index (χ0n) is 10.3. The minimum absolute atomic E-state index is 0.170. The number of unbranched alkanes of at least 4 members (excludes halogenated alkanes) is 3. The molecule has 0 unspecified atom stereocenters. The summed E-state index contributed by atoms with van der Waals surface area (Å²) in [6.45, 7) is 3.20. The summed E-state index contributed by atoms with van der Waals surface area (Å²) in [6.07, 6.45) is 4.20. The van der Waals surface area contributed by atoms with Gasteiger partial charge >= 0.3 is 0 Å². The zero-order valence-corrected chi connectivity index (χ0v) is 11.1. The molecule has 16 heavy (non-hydrogen) atoms. The predicted molar refractivity (Wildman–Crippen MR) is 65.4 cm³/mol. The van der Waals surface area contributed by atoms with E-state index in [-0.39, 0.29) is 6.61 Å². The van der Waals surface area contributed by atoms with Gasteiger partial charge in [-0.25, -0.2) is 4.72 Å². The first-order valence-corrected chi connectivity index (χ1v) is 7.30. The summed E-state index contributed by atoms with van der Waals surface area (Å²) in [7, 11) is -1.71. The van der Waals surface area contributed by atoms with Gasteiger partial charge in [-0.15, -0.1) is 0 Å². The van der Waals surface area contributed by atoms with Gasteiger partial charge < -0.3 is 5.11 Å². The summed E-state index contributed by atoms with van der Waals surface area (Å²) in [5.41, 5.74) is 0. The standard InChI is InChI=1S/C10H24N2O3S/c1-3-4-9-12(2)16(14,15)11-8-6-5-7-10-13/h11,13H,3-10H2,1-2H3. The van der Waals surface area contributed by atoms with Crippen LogP contribution in [0.4, 0.5) is 0 Å². The molecule has 0 bridgehead atoms. The molecule has 0 aliphatic rings. The Hall–Kier alpha value is -0.170. The third-order valence-electron chi connectivity index (χ3n) is 2.36. The Morgan fingerprint density at radius 1 is 1.19 bits per heavy atom. The number of rotatable bonds is 10. The molecule has 0 aromatic carbocycles. The van der Waals surface area contributed by atoms with E-state index in [9.17, 15) is 8.42 Å². The van der Waals surface area contributed by atoms with Crippen LogP contribution in [0.25, 0.3) is 0 Å². The van der Waals surface area contributed by atoms with E-state index in [2.05, 4.69) is 4.72 Å². The van der Waals surface area contributed by atoms with Crippen molar-refractivity contribution in [2.45, 2.75) is 39.0 Å². The smallest absolute Gasteiger partial charge is 0.279 e. The molecule has 0 aromatic rings. The third-order valence-corrected chi connectivity index (χ3v) is 3.93. The molecule has 6 heteroatoms. The maximum absolute atomic E-state index is 11.6. The minimum atomic E-state index is -3.30. The van der Waals surface area contributed by atoms with Gasteiger partial charge in [0.15, 0.2) is 0 Å². The van der Waals surface area contributed by atoms with Crippen molar-refractivity contribution in [3.8, 4) is 0 Å². The SMILES string of the molecule is CCCCN(C)S(=O)(=O)NCCCCCO. The summed E-state index contributed by atoms with van der Waals surface area (Å²) in [4.78, 5) is 0. The minimum Gasteiger partial charge on any atom is -0.396 e. The molecule has 0 atom stereocenters. The number of hydrogen-bond acceptors (Lipinski definition) is 3. The molecule has 0 rings (SSSR count). The Morgan fingerprint density at radius 3 is 2.44 bits per heavy atom. The molecule has 98 valence electrons. The lowest BCUT2D eigenvalue weighted by molar-refractivity contribution is 0.283. The van der Waals surface area contributed by atoms with Crippen LogP contribution in [0.5, 0.6) is 0 Å². The maximum Gasteiger partial charge on any atom is 0.279 e. The highest BCUT2D eigenvalue weighted by Gasteiger charge is 2.15. The molecule has 0 fully saturated rings. The van der Waals surface area contributed by atoms with Crippen LogP contribution in [0.2, 0.25) is 0 Å². The van der Waals surface area contributed by atoms with Crippen LogP contribution in [0, 0.1) is 0 Å². The van der Waals surface area contributed by atoms with Gasteiger partial charge in [0, 0.05) is 26.7 Å². The first kappa shape index (κ1) is 15.8. The average Bonchev–Trinajstić information content (AvgIpc) is 2.25. The molecule has 0 aliphatic carbocycles. The second-order valence-corrected chi connectivity index (χ2v) is 5.72. The Labute approximate surface area is 99.0 Å². The largest absolute Gasteiger partial charge is 0.396 e. The lowest BCUT2D eigenvalue weighted by Gasteiger charge is -2.17. The van der Waals surface area contributed by atoms with Gasteiger partial charge in [-0.2, -0.15) is 12.7 Å². The van der Waals surface area contributed by atoms with E-state index >= 15 is 0 Å². The van der Waals surface area contributed by atoms with Crippen molar-refractivity contribution in [1.82, 2.24) is 9.03 Å². The fourth-order valence-electron chi connectivity index (χ4n) is 1.23. The van der Waals surface area contributed by atoms with Crippen molar-refractivity contribution in [2.75, 3.05) is 26.7 Å². The monoisotopic (exact) mass is 252 g/mol. The number of hydrogen-bond donors (Lipinski definition) is 2. The van der Waals surface area contributed by atoms with Crippen LogP contribution in [0.1, 0.15) is 39.0 Å². The van der Waals surface area contributed by atoms with Crippen LogP contribution in [0.15, 0.2) is 0 Å². The predicted octanol–water partition coefficient (Wildman–Crippen LogP) is 0.715. The first-order valence-electron chi connectivity index (χ1n) is 5.86. The number of aliphatic hydroxyl groups is 1. The van der Waals surface area contributed by atoms with E-state index in [4.69, 9.17) is 5.11 Å². The molecule has 0 aliphatic heterocycles. The quantitative estimate of drug-likeness (QED) is 0.563. The molecule has 0 aromatic heterocycles. The second-order valence-electron chi connectivity index (χ2n) is 3.86. The van der Waals surface area contributed by atoms with E-state index in [1.165, 1.54) is 4.31 Å². The van der Waals surface area contributed by atoms with Crippen LogP contribution < -0.4 is 4.72 Å². The molecular formula is C10H24N2O3S. The normalized spacial score (nSPS) is 12.2. The molecular weight excluding hydrogens is 228 g/mol. The van der Waals surface area contributed by atoms with Crippen molar-refractivity contribution in [3.05, 3.63) is 0 Å². The lowest BCUT2D eigenvalue weighted by atomic mass is 10.2. The first-order chi connectivity index (χ1) is 7.54. The molecule has 0 saturated heterocycles. The molecule has 0 heterocycles. The highest BCUT2D eigenvalue weighted by molar-refractivity contribution is 7.87. The van der Waals surface area contributed by atoms with E-state index in [1.807, 2.05) is 6.92 Å². The second kappa shape index (κ2) is 8.92. The van der Waals surface area contributed by atoms with Crippen LogP contribution in [-0.2, 0) is 10.2 Å². The number of aliphatic hydroxyl groups excluding tert-OH is 1.